The van der Waals surface area contributed by atoms with E-state index < -0.39 is 28.3 Å². The lowest BCUT2D eigenvalue weighted by molar-refractivity contribution is -0.0684. The molecule has 2 rings (SSSR count). The second kappa shape index (κ2) is 5.09. The zero-order valence-electron chi connectivity index (χ0n) is 12.1. The molecule has 0 amide bonds. The second-order valence-electron chi connectivity index (χ2n) is 5.66. The standard InChI is InChI=1S/C14H20FNO3S/c1-14(2)16(3)12(9-15)13(19-14)10-5-7-11(8-6-10)20(4,17)18/h5-8,12-13H,9H2,1-4H3/t12-,13-/m1/s1. The Hall–Kier alpha value is -0.980. The van der Waals surface area contributed by atoms with Crippen molar-refractivity contribution in [2.45, 2.75) is 36.6 Å². The molecule has 1 aromatic rings. The molecule has 0 saturated carbocycles. The van der Waals surface area contributed by atoms with E-state index in [0.29, 0.717) is 0 Å². The Bertz CT molecular complexity index is 583. The van der Waals surface area contributed by atoms with E-state index in [1.807, 2.05) is 25.8 Å². The number of alkyl halides is 1. The summed E-state index contributed by atoms with van der Waals surface area (Å²) in [6, 6.07) is 6.09. The molecule has 6 heteroatoms. The summed E-state index contributed by atoms with van der Waals surface area (Å²) < 4.78 is 42.1. The number of hydrogen-bond acceptors (Lipinski definition) is 4. The summed E-state index contributed by atoms with van der Waals surface area (Å²) in [4.78, 5) is 2.12. The summed E-state index contributed by atoms with van der Waals surface area (Å²) in [5, 5.41) is 0. The first-order valence-electron chi connectivity index (χ1n) is 6.43. The molecule has 1 fully saturated rings. The zero-order valence-corrected chi connectivity index (χ0v) is 12.9. The maximum Gasteiger partial charge on any atom is 0.175 e. The molecule has 0 aliphatic carbocycles. The molecule has 0 spiro atoms. The minimum absolute atomic E-state index is 0.253. The van der Waals surface area contributed by atoms with Crippen LogP contribution in [0.25, 0.3) is 0 Å². The number of sulfone groups is 1. The van der Waals surface area contributed by atoms with Crippen LogP contribution in [0.15, 0.2) is 29.2 Å². The smallest absolute Gasteiger partial charge is 0.175 e. The van der Waals surface area contributed by atoms with Gasteiger partial charge in [0.25, 0.3) is 0 Å². The number of likely N-dealkylation sites (N-methyl/N-ethyl adjacent to an activating group) is 1. The largest absolute Gasteiger partial charge is 0.351 e. The second-order valence-corrected chi connectivity index (χ2v) is 7.67. The highest BCUT2D eigenvalue weighted by Crippen LogP contribution is 2.39. The van der Waals surface area contributed by atoms with E-state index in [1.165, 1.54) is 12.1 Å². The molecule has 1 aliphatic rings. The van der Waals surface area contributed by atoms with Gasteiger partial charge in [-0.1, -0.05) is 12.1 Å². The summed E-state index contributed by atoms with van der Waals surface area (Å²) >= 11 is 0. The molecular weight excluding hydrogens is 281 g/mol. The molecule has 4 nitrogen and oxygen atoms in total. The third kappa shape index (κ3) is 2.73. The SMILES string of the molecule is CN1[C@H](CF)[C@@H](c2ccc(S(C)(=O)=O)cc2)OC1(C)C. The van der Waals surface area contributed by atoms with Gasteiger partial charge in [-0.25, -0.2) is 12.8 Å². The molecule has 0 aromatic heterocycles. The monoisotopic (exact) mass is 301 g/mol. The number of nitrogens with zero attached hydrogens (tertiary/aromatic N) is 1. The third-order valence-corrected chi connectivity index (χ3v) is 5.04. The first kappa shape index (κ1) is 15.4. The number of halogens is 1. The van der Waals surface area contributed by atoms with Crippen LogP contribution in [0.1, 0.15) is 25.5 Å². The molecule has 0 radical (unpaired) electrons. The molecule has 20 heavy (non-hydrogen) atoms. The van der Waals surface area contributed by atoms with E-state index in [1.54, 1.807) is 12.1 Å². The predicted octanol–water partition coefficient (Wildman–Crippen LogP) is 2.17. The van der Waals surface area contributed by atoms with E-state index in [9.17, 15) is 12.8 Å². The lowest BCUT2D eigenvalue weighted by Crippen LogP contribution is -2.41. The molecule has 0 unspecified atom stereocenters. The lowest BCUT2D eigenvalue weighted by Gasteiger charge is -2.28. The van der Waals surface area contributed by atoms with Crippen LogP contribution in [-0.4, -0.2) is 45.1 Å². The average molecular weight is 301 g/mol. The zero-order chi connectivity index (χ0) is 15.1. The summed E-state index contributed by atoms with van der Waals surface area (Å²) in [7, 11) is -1.39. The van der Waals surface area contributed by atoms with Crippen LogP contribution in [0, 0.1) is 0 Å². The van der Waals surface area contributed by atoms with Crippen molar-refractivity contribution in [1.29, 1.82) is 0 Å². The number of hydrogen-bond donors (Lipinski definition) is 0. The number of rotatable bonds is 3. The molecule has 1 aliphatic heterocycles. The van der Waals surface area contributed by atoms with Gasteiger partial charge in [0.05, 0.1) is 10.9 Å². The van der Waals surface area contributed by atoms with Gasteiger partial charge in [-0.05, 0) is 38.6 Å². The Kier molecular flexibility index (Phi) is 3.92. The van der Waals surface area contributed by atoms with Gasteiger partial charge in [0.15, 0.2) is 9.84 Å². The maximum atomic E-state index is 13.3. The van der Waals surface area contributed by atoms with Crippen molar-refractivity contribution in [2.24, 2.45) is 0 Å². The number of benzene rings is 1. The van der Waals surface area contributed by atoms with Crippen molar-refractivity contribution in [2.75, 3.05) is 20.0 Å². The molecule has 112 valence electrons. The Morgan fingerprint density at radius 2 is 1.85 bits per heavy atom. The van der Waals surface area contributed by atoms with Gasteiger partial charge in [0, 0.05) is 6.26 Å². The lowest BCUT2D eigenvalue weighted by atomic mass is 10.0. The molecule has 1 aromatic carbocycles. The Morgan fingerprint density at radius 3 is 2.30 bits per heavy atom. The summed E-state index contributed by atoms with van der Waals surface area (Å²) in [6.45, 7) is 3.26. The highest BCUT2D eigenvalue weighted by molar-refractivity contribution is 7.90. The van der Waals surface area contributed by atoms with Crippen molar-refractivity contribution >= 4 is 9.84 Å². The topological polar surface area (TPSA) is 46.6 Å². The van der Waals surface area contributed by atoms with Gasteiger partial charge < -0.3 is 4.74 Å². The van der Waals surface area contributed by atoms with Crippen LogP contribution < -0.4 is 0 Å². The first-order valence-corrected chi connectivity index (χ1v) is 8.32. The minimum atomic E-state index is -3.22. The van der Waals surface area contributed by atoms with Gasteiger partial charge >= 0.3 is 0 Å². The van der Waals surface area contributed by atoms with Gasteiger partial charge in [-0.3, -0.25) is 4.90 Å². The van der Waals surface area contributed by atoms with Crippen molar-refractivity contribution in [3.8, 4) is 0 Å². The van der Waals surface area contributed by atoms with Crippen LogP contribution >= 0.6 is 0 Å². The van der Waals surface area contributed by atoms with Crippen molar-refractivity contribution in [1.82, 2.24) is 4.90 Å². The first-order chi connectivity index (χ1) is 9.16. The van der Waals surface area contributed by atoms with Gasteiger partial charge in [-0.2, -0.15) is 0 Å². The van der Waals surface area contributed by atoms with Crippen LogP contribution in [0.5, 0.6) is 0 Å². The van der Waals surface area contributed by atoms with E-state index >= 15 is 0 Å². The van der Waals surface area contributed by atoms with Crippen LogP contribution in [0.2, 0.25) is 0 Å². The van der Waals surface area contributed by atoms with E-state index in [0.717, 1.165) is 11.8 Å². The fourth-order valence-electron chi connectivity index (χ4n) is 2.45. The van der Waals surface area contributed by atoms with Crippen LogP contribution in [-0.2, 0) is 14.6 Å². The van der Waals surface area contributed by atoms with Crippen molar-refractivity contribution in [3.05, 3.63) is 29.8 Å². The van der Waals surface area contributed by atoms with Crippen LogP contribution in [0.4, 0.5) is 4.39 Å². The highest BCUT2D eigenvalue weighted by atomic mass is 32.2. The fraction of sp³-hybridized carbons (Fsp3) is 0.571. The minimum Gasteiger partial charge on any atom is -0.351 e. The molecule has 1 saturated heterocycles. The fourth-order valence-corrected chi connectivity index (χ4v) is 3.08. The normalized spacial score (nSPS) is 26.9. The summed E-state index contributed by atoms with van der Waals surface area (Å²) in [6.07, 6.45) is 0.767. The predicted molar refractivity (Wildman–Crippen MR) is 75.0 cm³/mol. The Labute approximate surface area is 119 Å². The summed E-state index contributed by atoms with van der Waals surface area (Å²) in [5.74, 6) is 0. The van der Waals surface area contributed by atoms with Gasteiger partial charge in [0.1, 0.15) is 18.5 Å². The van der Waals surface area contributed by atoms with Crippen molar-refractivity contribution in [3.63, 3.8) is 0 Å². The number of ether oxygens (including phenoxy) is 1. The molecule has 0 bridgehead atoms. The van der Waals surface area contributed by atoms with Crippen LogP contribution in [0.3, 0.4) is 0 Å². The van der Waals surface area contributed by atoms with E-state index in [-0.39, 0.29) is 10.9 Å². The quantitative estimate of drug-likeness (QED) is 0.858. The maximum absolute atomic E-state index is 13.3. The molecule has 2 atom stereocenters. The van der Waals surface area contributed by atoms with E-state index in [2.05, 4.69) is 0 Å². The average Bonchev–Trinajstić information content (AvgIpc) is 2.59. The summed E-state index contributed by atoms with van der Waals surface area (Å²) in [5.41, 5.74) is 0.245. The Balaban J connectivity index is 2.32. The molecular formula is C14H20FNO3S. The van der Waals surface area contributed by atoms with Crippen molar-refractivity contribution < 1.29 is 17.5 Å². The molecule has 0 N–H and O–H groups in total. The van der Waals surface area contributed by atoms with E-state index in [4.69, 9.17) is 4.74 Å². The third-order valence-electron chi connectivity index (χ3n) is 3.91. The van der Waals surface area contributed by atoms with Gasteiger partial charge in [0.2, 0.25) is 0 Å². The highest BCUT2D eigenvalue weighted by Gasteiger charge is 2.45. The van der Waals surface area contributed by atoms with Gasteiger partial charge in [-0.15, -0.1) is 0 Å². The molecule has 1 heterocycles. The Morgan fingerprint density at radius 1 is 1.30 bits per heavy atom.